The van der Waals surface area contributed by atoms with E-state index < -0.39 is 0 Å². The molecule has 0 aliphatic heterocycles. The Morgan fingerprint density at radius 1 is 1.19 bits per heavy atom. The minimum absolute atomic E-state index is 0. The summed E-state index contributed by atoms with van der Waals surface area (Å²) in [5, 5.41) is 9.18. The molecule has 1 N–H and O–H groups in total. The third kappa shape index (κ3) is 11.7. The summed E-state index contributed by atoms with van der Waals surface area (Å²) in [5.74, 6) is 0.345. The molecule has 0 unspecified atom stereocenters. The average Bonchev–Trinajstić information content (AvgIpc) is 2.81. The molecule has 1 aliphatic rings. The Hall–Kier alpha value is -0.569. The molecule has 0 saturated carbocycles. The summed E-state index contributed by atoms with van der Waals surface area (Å²) in [7, 11) is 1.08. The molecule has 1 aliphatic carbocycles. The SMILES string of the molecule is CC(C)(C)c1cccc(O)c1.CC1=[C-]CC=C1.C[Si]C.[Ti]. The number of benzene rings is 1. The second kappa shape index (κ2) is 12.0. The number of allylic oxidation sites excluding steroid dienone is 4. The second-order valence-electron chi connectivity index (χ2n) is 5.77. The van der Waals surface area contributed by atoms with Crippen molar-refractivity contribution in [1.29, 1.82) is 0 Å². The predicted molar refractivity (Wildman–Crippen MR) is 90.5 cm³/mol. The van der Waals surface area contributed by atoms with Gasteiger partial charge in [-0.15, -0.1) is 6.42 Å². The van der Waals surface area contributed by atoms with Crippen LogP contribution in [-0.4, -0.2) is 14.6 Å². The van der Waals surface area contributed by atoms with Crippen molar-refractivity contribution >= 4 is 9.52 Å². The summed E-state index contributed by atoms with van der Waals surface area (Å²) < 4.78 is 0. The van der Waals surface area contributed by atoms with Crippen LogP contribution in [0.2, 0.25) is 13.1 Å². The molecule has 3 heteroatoms. The number of phenols is 1. The molecule has 0 heterocycles. The van der Waals surface area contributed by atoms with E-state index in [1.807, 2.05) is 12.1 Å². The Balaban J connectivity index is 0. The van der Waals surface area contributed by atoms with Gasteiger partial charge < -0.3 is 5.11 Å². The van der Waals surface area contributed by atoms with Gasteiger partial charge in [0.2, 0.25) is 0 Å². The maximum absolute atomic E-state index is 9.18. The third-order valence-corrected chi connectivity index (χ3v) is 2.58. The fraction of sp³-hybridized carbons (Fsp3) is 0.444. The molecule has 0 amide bonds. The van der Waals surface area contributed by atoms with E-state index in [0.717, 1.165) is 21.5 Å². The zero-order valence-corrected chi connectivity index (χ0v) is 16.7. The van der Waals surface area contributed by atoms with Crippen LogP contribution in [0.15, 0.2) is 42.0 Å². The van der Waals surface area contributed by atoms with Gasteiger partial charge in [-0.1, -0.05) is 52.9 Å². The van der Waals surface area contributed by atoms with Crippen molar-refractivity contribution in [3.05, 3.63) is 53.6 Å². The van der Waals surface area contributed by atoms with Gasteiger partial charge in [-0.3, -0.25) is 6.08 Å². The summed E-state index contributed by atoms with van der Waals surface area (Å²) in [6, 6.07) is 7.39. The standard InChI is InChI=1S/C10H14O.C6H7.C2H6Si.Ti/c1-10(2,3)8-5-4-6-9(11)7-8;1-6-4-2-3-5-6;1-3-2;/h4-7,11H,1-3H3;2,4H,3H2,1H3;1-2H3;/q;-1;;. The Morgan fingerprint density at radius 2 is 1.76 bits per heavy atom. The van der Waals surface area contributed by atoms with Gasteiger partial charge in [0, 0.05) is 31.2 Å². The van der Waals surface area contributed by atoms with Crippen molar-refractivity contribution in [2.45, 2.75) is 52.6 Å². The molecular formula is C18H27OSiTi-. The number of hydrogen-bond acceptors (Lipinski definition) is 1. The van der Waals surface area contributed by atoms with Crippen LogP contribution in [0, 0.1) is 6.08 Å². The monoisotopic (exact) mass is 335 g/mol. The van der Waals surface area contributed by atoms with Crippen LogP contribution in [0.25, 0.3) is 0 Å². The van der Waals surface area contributed by atoms with Gasteiger partial charge in [0.25, 0.3) is 0 Å². The Labute approximate surface area is 148 Å². The van der Waals surface area contributed by atoms with E-state index in [0.29, 0.717) is 5.75 Å². The summed E-state index contributed by atoms with van der Waals surface area (Å²) in [6.07, 6.45) is 8.33. The molecule has 21 heavy (non-hydrogen) atoms. The van der Waals surface area contributed by atoms with Gasteiger partial charge in [-0.2, -0.15) is 6.08 Å². The molecule has 1 aromatic rings. The summed E-state index contributed by atoms with van der Waals surface area (Å²) in [6.45, 7) is 12.7. The average molecular weight is 335 g/mol. The molecule has 0 fully saturated rings. The van der Waals surface area contributed by atoms with E-state index in [2.05, 4.69) is 59.0 Å². The zero-order chi connectivity index (χ0) is 15.6. The molecule has 114 valence electrons. The summed E-state index contributed by atoms with van der Waals surface area (Å²) >= 11 is 0. The second-order valence-corrected chi connectivity index (χ2v) is 6.77. The normalized spacial score (nSPS) is 12.2. The zero-order valence-electron chi connectivity index (χ0n) is 14.1. The van der Waals surface area contributed by atoms with Crippen LogP contribution in [-0.2, 0) is 27.1 Å². The van der Waals surface area contributed by atoms with Crippen molar-refractivity contribution in [3.8, 4) is 5.75 Å². The molecule has 2 rings (SSSR count). The maximum atomic E-state index is 9.18. The topological polar surface area (TPSA) is 20.2 Å². The largest absolute Gasteiger partial charge is 0.508 e. The summed E-state index contributed by atoms with van der Waals surface area (Å²) in [5.41, 5.74) is 2.56. The van der Waals surface area contributed by atoms with Crippen LogP contribution in [0.5, 0.6) is 5.75 Å². The molecule has 0 atom stereocenters. The van der Waals surface area contributed by atoms with Gasteiger partial charge in [0.15, 0.2) is 0 Å². The van der Waals surface area contributed by atoms with Crippen molar-refractivity contribution in [2.75, 3.05) is 0 Å². The minimum atomic E-state index is 0. The van der Waals surface area contributed by atoms with Crippen molar-refractivity contribution < 1.29 is 26.8 Å². The van der Waals surface area contributed by atoms with E-state index >= 15 is 0 Å². The first-order chi connectivity index (χ1) is 9.31. The predicted octanol–water partition coefficient (Wildman–Crippen LogP) is 5.17. The first-order valence-electron chi connectivity index (χ1n) is 6.93. The Bertz CT molecular complexity index is 442. The third-order valence-electron chi connectivity index (χ3n) is 2.58. The number of rotatable bonds is 0. The van der Waals surface area contributed by atoms with E-state index in [1.54, 1.807) is 12.1 Å². The fourth-order valence-electron chi connectivity index (χ4n) is 1.49. The first kappa shape index (κ1) is 22.7. The van der Waals surface area contributed by atoms with Crippen LogP contribution in [0.1, 0.15) is 39.7 Å². The van der Waals surface area contributed by atoms with Gasteiger partial charge in [-0.25, -0.2) is 11.6 Å². The Morgan fingerprint density at radius 3 is 2.00 bits per heavy atom. The molecule has 1 nitrogen and oxygen atoms in total. The first-order valence-corrected chi connectivity index (χ1v) is 8.93. The molecule has 0 aromatic heterocycles. The minimum Gasteiger partial charge on any atom is -0.508 e. The Kier molecular flexibility index (Phi) is 13.0. The quantitative estimate of drug-likeness (QED) is 0.512. The molecule has 2 radical (unpaired) electrons. The van der Waals surface area contributed by atoms with Gasteiger partial charge >= 0.3 is 0 Å². The van der Waals surface area contributed by atoms with Crippen molar-refractivity contribution in [3.63, 3.8) is 0 Å². The molecule has 0 saturated heterocycles. The van der Waals surface area contributed by atoms with Crippen LogP contribution >= 0.6 is 0 Å². The molecule has 0 spiro atoms. The molecule has 1 aromatic carbocycles. The number of aromatic hydroxyl groups is 1. The van der Waals surface area contributed by atoms with Crippen molar-refractivity contribution in [2.24, 2.45) is 0 Å². The van der Waals surface area contributed by atoms with E-state index in [4.69, 9.17) is 0 Å². The van der Waals surface area contributed by atoms with E-state index in [9.17, 15) is 5.11 Å². The van der Waals surface area contributed by atoms with Crippen molar-refractivity contribution in [1.82, 2.24) is 0 Å². The van der Waals surface area contributed by atoms with Gasteiger partial charge in [0.05, 0.1) is 0 Å². The number of phenolic OH excluding ortho intramolecular Hbond substituents is 1. The molecular weight excluding hydrogens is 308 g/mol. The fourth-order valence-corrected chi connectivity index (χ4v) is 1.49. The van der Waals surface area contributed by atoms with Crippen LogP contribution in [0.3, 0.4) is 0 Å². The van der Waals surface area contributed by atoms with E-state index in [1.165, 1.54) is 5.57 Å². The number of hydrogen-bond donors (Lipinski definition) is 1. The van der Waals surface area contributed by atoms with Gasteiger partial charge in [-0.05, 0) is 23.1 Å². The van der Waals surface area contributed by atoms with E-state index in [-0.39, 0.29) is 27.1 Å². The summed E-state index contributed by atoms with van der Waals surface area (Å²) in [4.78, 5) is 0. The molecule has 0 bridgehead atoms. The maximum Gasteiger partial charge on any atom is 0.115 e. The van der Waals surface area contributed by atoms with Crippen LogP contribution in [0.4, 0.5) is 0 Å². The smallest absolute Gasteiger partial charge is 0.115 e. The van der Waals surface area contributed by atoms with Gasteiger partial charge in [0.1, 0.15) is 5.75 Å². The van der Waals surface area contributed by atoms with Crippen LogP contribution < -0.4 is 0 Å².